The van der Waals surface area contributed by atoms with Crippen molar-refractivity contribution in [3.63, 3.8) is 0 Å². The second kappa shape index (κ2) is 7.21. The second-order valence-corrected chi connectivity index (χ2v) is 3.58. The maximum atomic E-state index is 12.9. The van der Waals surface area contributed by atoms with Gasteiger partial charge in [0.15, 0.2) is 0 Å². The lowest BCUT2D eigenvalue weighted by Gasteiger charge is -2.14. The van der Waals surface area contributed by atoms with Gasteiger partial charge in [0.05, 0.1) is 6.61 Å². The monoisotopic (exact) mass is 243 g/mol. The van der Waals surface area contributed by atoms with Gasteiger partial charge in [-0.2, -0.15) is 0 Å². The molecule has 1 atom stereocenters. The van der Waals surface area contributed by atoms with Crippen LogP contribution in [0.1, 0.15) is 12.5 Å². The molecule has 0 saturated heterocycles. The number of ether oxygens (including phenoxy) is 2. The molecule has 3 N–H and O–H groups in total. The van der Waals surface area contributed by atoms with E-state index in [4.69, 9.17) is 15.2 Å². The third kappa shape index (κ3) is 4.68. The molecular formula is C12H18FNO3. The molecule has 0 radical (unpaired) electrons. The molecule has 1 aromatic carbocycles. The zero-order chi connectivity index (χ0) is 12.7. The summed E-state index contributed by atoms with van der Waals surface area (Å²) in [5.74, 6) is 0.136. The van der Waals surface area contributed by atoms with E-state index in [1.807, 2.05) is 6.92 Å². The van der Waals surface area contributed by atoms with Gasteiger partial charge in [0, 0.05) is 18.7 Å². The Morgan fingerprint density at radius 2 is 2.18 bits per heavy atom. The van der Waals surface area contributed by atoms with Crippen molar-refractivity contribution in [2.45, 2.75) is 19.6 Å². The highest BCUT2D eigenvalue weighted by atomic mass is 19.1. The van der Waals surface area contributed by atoms with Gasteiger partial charge in [-0.15, -0.1) is 0 Å². The number of hydrogen-bond donors (Lipinski definition) is 2. The Morgan fingerprint density at radius 1 is 1.41 bits per heavy atom. The number of rotatable bonds is 7. The maximum absolute atomic E-state index is 12.9. The van der Waals surface area contributed by atoms with Gasteiger partial charge in [-0.05, 0) is 25.1 Å². The summed E-state index contributed by atoms with van der Waals surface area (Å²) in [6, 6.07) is 4.12. The van der Waals surface area contributed by atoms with Crippen LogP contribution in [-0.2, 0) is 11.3 Å². The molecule has 0 heterocycles. The van der Waals surface area contributed by atoms with Crippen LogP contribution in [0.25, 0.3) is 0 Å². The van der Waals surface area contributed by atoms with Crippen LogP contribution in [0.2, 0.25) is 0 Å². The summed E-state index contributed by atoms with van der Waals surface area (Å²) in [7, 11) is 0. The first kappa shape index (κ1) is 13.9. The number of benzene rings is 1. The van der Waals surface area contributed by atoms with Crippen molar-refractivity contribution in [3.05, 3.63) is 29.6 Å². The fourth-order valence-electron chi connectivity index (χ4n) is 1.34. The lowest BCUT2D eigenvalue weighted by atomic mass is 10.2. The van der Waals surface area contributed by atoms with E-state index >= 15 is 0 Å². The molecule has 0 saturated carbocycles. The van der Waals surface area contributed by atoms with E-state index in [1.54, 1.807) is 0 Å². The molecule has 17 heavy (non-hydrogen) atoms. The topological polar surface area (TPSA) is 64.7 Å². The maximum Gasteiger partial charge on any atom is 0.124 e. The summed E-state index contributed by atoms with van der Waals surface area (Å²) >= 11 is 0. The molecule has 0 aliphatic carbocycles. The third-order valence-electron chi connectivity index (χ3n) is 2.19. The summed E-state index contributed by atoms with van der Waals surface area (Å²) in [6.07, 6.45) is -0.703. The van der Waals surface area contributed by atoms with Gasteiger partial charge in [-0.25, -0.2) is 4.39 Å². The molecule has 96 valence electrons. The normalized spacial score (nSPS) is 12.5. The van der Waals surface area contributed by atoms with Gasteiger partial charge in [0.25, 0.3) is 0 Å². The molecule has 0 aliphatic heterocycles. The molecule has 1 aromatic rings. The molecule has 1 rings (SSSR count). The fraction of sp³-hybridized carbons (Fsp3) is 0.500. The lowest BCUT2D eigenvalue weighted by Crippen LogP contribution is -2.23. The number of hydrogen-bond acceptors (Lipinski definition) is 4. The van der Waals surface area contributed by atoms with E-state index in [9.17, 15) is 9.50 Å². The van der Waals surface area contributed by atoms with Crippen molar-refractivity contribution < 1.29 is 19.0 Å². The van der Waals surface area contributed by atoms with Gasteiger partial charge >= 0.3 is 0 Å². The highest BCUT2D eigenvalue weighted by Gasteiger charge is 2.08. The number of aliphatic hydroxyl groups excluding tert-OH is 1. The van der Waals surface area contributed by atoms with E-state index in [0.29, 0.717) is 17.9 Å². The number of halogens is 1. The molecular weight excluding hydrogens is 225 g/mol. The molecule has 4 nitrogen and oxygen atoms in total. The van der Waals surface area contributed by atoms with Crippen LogP contribution >= 0.6 is 0 Å². The van der Waals surface area contributed by atoms with Crippen LogP contribution in [0.3, 0.4) is 0 Å². The highest BCUT2D eigenvalue weighted by molar-refractivity contribution is 5.33. The van der Waals surface area contributed by atoms with Crippen LogP contribution in [0.5, 0.6) is 5.75 Å². The highest BCUT2D eigenvalue weighted by Crippen LogP contribution is 2.19. The average molecular weight is 243 g/mol. The summed E-state index contributed by atoms with van der Waals surface area (Å²) in [5.41, 5.74) is 6.05. The molecule has 5 heteroatoms. The summed E-state index contributed by atoms with van der Waals surface area (Å²) in [5, 5.41) is 9.50. The van der Waals surface area contributed by atoms with Crippen molar-refractivity contribution in [1.29, 1.82) is 0 Å². The van der Waals surface area contributed by atoms with E-state index < -0.39 is 6.10 Å². The van der Waals surface area contributed by atoms with Gasteiger partial charge in [0.2, 0.25) is 0 Å². The minimum Gasteiger partial charge on any atom is -0.490 e. The predicted octanol–water partition coefficient (Wildman–Crippen LogP) is 1.06. The SMILES string of the molecule is CCOCC(O)COc1ccc(F)cc1CN. The fourth-order valence-corrected chi connectivity index (χ4v) is 1.34. The van der Waals surface area contributed by atoms with E-state index in [0.717, 1.165) is 0 Å². The Labute approximate surface area is 100 Å². The van der Waals surface area contributed by atoms with Crippen molar-refractivity contribution in [3.8, 4) is 5.75 Å². The Bertz CT molecular complexity index is 347. The standard InChI is InChI=1S/C12H18FNO3/c1-2-16-7-11(15)8-17-12-4-3-10(13)5-9(12)6-14/h3-5,11,15H,2,6-8,14H2,1H3. The number of nitrogens with two attached hydrogens (primary N) is 1. The van der Waals surface area contributed by atoms with Crippen LogP contribution in [0.4, 0.5) is 4.39 Å². The zero-order valence-corrected chi connectivity index (χ0v) is 9.86. The van der Waals surface area contributed by atoms with Crippen LogP contribution < -0.4 is 10.5 Å². The van der Waals surface area contributed by atoms with E-state index in [-0.39, 0.29) is 25.6 Å². The van der Waals surface area contributed by atoms with E-state index in [1.165, 1.54) is 18.2 Å². The van der Waals surface area contributed by atoms with Crippen molar-refractivity contribution in [1.82, 2.24) is 0 Å². The van der Waals surface area contributed by atoms with Crippen molar-refractivity contribution >= 4 is 0 Å². The Balaban J connectivity index is 2.50. The lowest BCUT2D eigenvalue weighted by molar-refractivity contribution is 0.0162. The van der Waals surface area contributed by atoms with Crippen LogP contribution in [0.15, 0.2) is 18.2 Å². The predicted molar refractivity (Wildman–Crippen MR) is 62.3 cm³/mol. The minimum absolute atomic E-state index is 0.0959. The molecule has 0 aliphatic rings. The van der Waals surface area contributed by atoms with Gasteiger partial charge in [0.1, 0.15) is 24.3 Å². The van der Waals surface area contributed by atoms with Gasteiger partial charge < -0.3 is 20.3 Å². The van der Waals surface area contributed by atoms with Gasteiger partial charge in [-0.3, -0.25) is 0 Å². The second-order valence-electron chi connectivity index (χ2n) is 3.58. The summed E-state index contributed by atoms with van der Waals surface area (Å²) < 4.78 is 23.3. The van der Waals surface area contributed by atoms with Crippen LogP contribution in [-0.4, -0.2) is 31.0 Å². The number of aliphatic hydroxyl groups is 1. The summed E-state index contributed by atoms with van der Waals surface area (Å²) in [6.45, 7) is 2.89. The van der Waals surface area contributed by atoms with Crippen molar-refractivity contribution in [2.24, 2.45) is 5.73 Å². The first-order valence-electron chi connectivity index (χ1n) is 5.54. The van der Waals surface area contributed by atoms with Crippen molar-refractivity contribution in [2.75, 3.05) is 19.8 Å². The first-order chi connectivity index (χ1) is 8.17. The molecule has 0 fully saturated rings. The Morgan fingerprint density at radius 3 is 2.82 bits per heavy atom. The van der Waals surface area contributed by atoms with Gasteiger partial charge in [-0.1, -0.05) is 0 Å². The largest absolute Gasteiger partial charge is 0.490 e. The molecule has 0 amide bonds. The molecule has 1 unspecified atom stereocenters. The zero-order valence-electron chi connectivity index (χ0n) is 9.86. The smallest absolute Gasteiger partial charge is 0.124 e. The third-order valence-corrected chi connectivity index (χ3v) is 2.19. The van der Waals surface area contributed by atoms with Crippen LogP contribution in [0, 0.1) is 5.82 Å². The minimum atomic E-state index is -0.703. The Hall–Kier alpha value is -1.17. The average Bonchev–Trinajstić information content (AvgIpc) is 2.34. The summed E-state index contributed by atoms with van der Waals surface area (Å²) in [4.78, 5) is 0. The quantitative estimate of drug-likeness (QED) is 0.751. The Kier molecular flexibility index (Phi) is 5.90. The first-order valence-corrected chi connectivity index (χ1v) is 5.54. The molecule has 0 aromatic heterocycles. The van der Waals surface area contributed by atoms with E-state index in [2.05, 4.69) is 0 Å². The molecule has 0 spiro atoms. The molecule has 0 bridgehead atoms.